The number of esters is 1. The Kier molecular flexibility index (Phi) is 5.66. The summed E-state index contributed by atoms with van der Waals surface area (Å²) in [4.78, 5) is 23.5. The summed E-state index contributed by atoms with van der Waals surface area (Å²) in [5.74, 6) is -0.618. The van der Waals surface area contributed by atoms with Crippen molar-refractivity contribution in [3.63, 3.8) is 0 Å². The fourth-order valence-corrected chi connectivity index (χ4v) is 2.98. The third kappa shape index (κ3) is 4.71. The summed E-state index contributed by atoms with van der Waals surface area (Å²) in [5, 5.41) is 2.43. The molecule has 7 nitrogen and oxygen atoms in total. The highest BCUT2D eigenvalue weighted by Gasteiger charge is 2.18. The fraction of sp³-hybridized carbons (Fsp3) is 0.125. The van der Waals surface area contributed by atoms with Crippen molar-refractivity contribution in [1.29, 1.82) is 0 Å². The van der Waals surface area contributed by atoms with Gasteiger partial charge >= 0.3 is 12.0 Å². The van der Waals surface area contributed by atoms with Crippen molar-refractivity contribution in [3.8, 4) is 0 Å². The van der Waals surface area contributed by atoms with E-state index >= 15 is 0 Å². The number of urea groups is 1. The molecule has 2 aromatic rings. The number of anilines is 1. The first kappa shape index (κ1) is 18.8. The number of carbonyl (C=O) groups is 2. The lowest BCUT2D eigenvalue weighted by atomic mass is 10.2. The molecule has 132 valence electrons. The van der Waals surface area contributed by atoms with Gasteiger partial charge in [0, 0.05) is 0 Å². The zero-order valence-electron chi connectivity index (χ0n) is 13.4. The van der Waals surface area contributed by atoms with Crippen molar-refractivity contribution in [2.75, 3.05) is 12.4 Å². The van der Waals surface area contributed by atoms with Crippen LogP contribution in [0.1, 0.15) is 15.9 Å². The summed E-state index contributed by atoms with van der Waals surface area (Å²) < 4.78 is 30.8. The molecule has 0 aromatic heterocycles. The number of carbonyl (C=O) groups excluding carboxylic acids is 2. The van der Waals surface area contributed by atoms with Gasteiger partial charge in [-0.3, -0.25) is 0 Å². The number of hydrogen-bond donors (Lipinski definition) is 2. The van der Waals surface area contributed by atoms with Gasteiger partial charge in [0.1, 0.15) is 0 Å². The van der Waals surface area contributed by atoms with Gasteiger partial charge < -0.3 is 10.1 Å². The van der Waals surface area contributed by atoms with Gasteiger partial charge in [0.15, 0.2) is 0 Å². The van der Waals surface area contributed by atoms with Crippen LogP contribution in [-0.2, 0) is 14.8 Å². The van der Waals surface area contributed by atoms with Crippen LogP contribution in [0.25, 0.3) is 0 Å². The number of ether oxygens (including phenoxy) is 1. The first-order valence-electron chi connectivity index (χ1n) is 7.01. The van der Waals surface area contributed by atoms with Crippen molar-refractivity contribution in [3.05, 3.63) is 58.6 Å². The zero-order chi connectivity index (χ0) is 18.6. The summed E-state index contributed by atoms with van der Waals surface area (Å²) in [6, 6.07) is 9.08. The Hall–Kier alpha value is -2.58. The van der Waals surface area contributed by atoms with E-state index in [1.165, 1.54) is 37.4 Å². The van der Waals surface area contributed by atoms with Crippen LogP contribution in [-0.4, -0.2) is 27.5 Å². The SMILES string of the molecule is COC(=O)c1ccc(Cl)c(NC(=O)NS(=O)(=O)c2ccc(C)cc2)c1. The summed E-state index contributed by atoms with van der Waals surface area (Å²) in [7, 11) is -2.82. The molecule has 0 aliphatic heterocycles. The van der Waals surface area contributed by atoms with Crippen molar-refractivity contribution >= 4 is 39.3 Å². The van der Waals surface area contributed by atoms with Crippen LogP contribution in [0, 0.1) is 6.92 Å². The molecule has 0 aliphatic carbocycles. The lowest BCUT2D eigenvalue weighted by Crippen LogP contribution is -2.34. The molecule has 0 radical (unpaired) electrons. The maximum absolute atomic E-state index is 12.2. The number of amides is 2. The second-order valence-electron chi connectivity index (χ2n) is 5.06. The summed E-state index contributed by atoms with van der Waals surface area (Å²) in [6.45, 7) is 1.81. The molecule has 0 saturated heterocycles. The fourth-order valence-electron chi connectivity index (χ4n) is 1.91. The third-order valence-corrected chi connectivity index (χ3v) is 4.87. The molecule has 2 rings (SSSR count). The van der Waals surface area contributed by atoms with Crippen LogP contribution >= 0.6 is 11.6 Å². The van der Waals surface area contributed by atoms with E-state index in [4.69, 9.17) is 11.6 Å². The molecule has 0 bridgehead atoms. The molecule has 0 spiro atoms. The van der Waals surface area contributed by atoms with Gasteiger partial charge in [0.05, 0.1) is 28.3 Å². The maximum Gasteiger partial charge on any atom is 0.337 e. The second-order valence-corrected chi connectivity index (χ2v) is 7.15. The van der Waals surface area contributed by atoms with Crippen LogP contribution in [0.3, 0.4) is 0 Å². The predicted molar refractivity (Wildman–Crippen MR) is 93.3 cm³/mol. The van der Waals surface area contributed by atoms with Gasteiger partial charge in [0.2, 0.25) is 0 Å². The Morgan fingerprint density at radius 1 is 1.08 bits per heavy atom. The van der Waals surface area contributed by atoms with E-state index in [9.17, 15) is 18.0 Å². The van der Waals surface area contributed by atoms with Gasteiger partial charge in [-0.2, -0.15) is 0 Å². The predicted octanol–water partition coefficient (Wildman–Crippen LogP) is 2.95. The summed E-state index contributed by atoms with van der Waals surface area (Å²) in [5.41, 5.74) is 1.11. The number of halogens is 1. The molecule has 0 atom stereocenters. The molecular formula is C16H15ClN2O5S. The van der Waals surface area contributed by atoms with Crippen LogP contribution in [0.5, 0.6) is 0 Å². The first-order chi connectivity index (χ1) is 11.7. The highest BCUT2D eigenvalue weighted by Crippen LogP contribution is 2.23. The van der Waals surface area contributed by atoms with Crippen LogP contribution < -0.4 is 10.0 Å². The Labute approximate surface area is 150 Å². The average Bonchev–Trinajstić information content (AvgIpc) is 2.56. The molecule has 2 aromatic carbocycles. The van der Waals surface area contributed by atoms with Crippen LogP contribution in [0.4, 0.5) is 10.5 Å². The number of hydrogen-bond acceptors (Lipinski definition) is 5. The van der Waals surface area contributed by atoms with Crippen molar-refractivity contribution in [1.82, 2.24) is 4.72 Å². The standard InChI is InChI=1S/C16H15ClN2O5S/c1-10-3-6-12(7-4-10)25(22,23)19-16(21)18-14-9-11(15(20)24-2)5-8-13(14)17/h3-9H,1-2H3,(H2,18,19,21). The summed E-state index contributed by atoms with van der Waals surface area (Å²) >= 11 is 5.95. The number of sulfonamides is 1. The van der Waals surface area contributed by atoms with E-state index in [2.05, 4.69) is 10.1 Å². The molecular weight excluding hydrogens is 368 g/mol. The van der Waals surface area contributed by atoms with E-state index in [0.29, 0.717) is 0 Å². The molecule has 2 N–H and O–H groups in total. The molecule has 0 saturated carbocycles. The normalized spacial score (nSPS) is 10.8. The number of methoxy groups -OCH3 is 1. The van der Waals surface area contributed by atoms with E-state index < -0.39 is 22.0 Å². The van der Waals surface area contributed by atoms with E-state index in [1.807, 2.05) is 11.6 Å². The van der Waals surface area contributed by atoms with Gasteiger partial charge in [-0.05, 0) is 37.3 Å². The Balaban J connectivity index is 2.17. The monoisotopic (exact) mass is 382 g/mol. The van der Waals surface area contributed by atoms with Gasteiger partial charge in [-0.1, -0.05) is 29.3 Å². The van der Waals surface area contributed by atoms with Crippen molar-refractivity contribution in [2.24, 2.45) is 0 Å². The van der Waals surface area contributed by atoms with Gasteiger partial charge in [0.25, 0.3) is 10.0 Å². The minimum absolute atomic E-state index is 0.0531. The largest absolute Gasteiger partial charge is 0.465 e. The topological polar surface area (TPSA) is 102 Å². The van der Waals surface area contributed by atoms with Crippen LogP contribution in [0.2, 0.25) is 5.02 Å². The average molecular weight is 383 g/mol. The van der Waals surface area contributed by atoms with E-state index in [1.54, 1.807) is 12.1 Å². The number of aryl methyl sites for hydroxylation is 1. The number of rotatable bonds is 4. The molecule has 2 amide bonds. The molecule has 9 heteroatoms. The summed E-state index contributed by atoms with van der Waals surface area (Å²) in [6.07, 6.45) is 0. The Morgan fingerprint density at radius 3 is 2.32 bits per heavy atom. The molecule has 0 aliphatic rings. The van der Waals surface area contributed by atoms with Crippen LogP contribution in [0.15, 0.2) is 47.4 Å². The maximum atomic E-state index is 12.2. The first-order valence-corrected chi connectivity index (χ1v) is 8.87. The Morgan fingerprint density at radius 2 is 1.72 bits per heavy atom. The minimum Gasteiger partial charge on any atom is -0.465 e. The third-order valence-electron chi connectivity index (χ3n) is 3.19. The minimum atomic E-state index is -4.04. The smallest absolute Gasteiger partial charge is 0.337 e. The zero-order valence-corrected chi connectivity index (χ0v) is 14.9. The van der Waals surface area contributed by atoms with Crippen molar-refractivity contribution < 1.29 is 22.7 Å². The lowest BCUT2D eigenvalue weighted by molar-refractivity contribution is 0.0600. The lowest BCUT2D eigenvalue weighted by Gasteiger charge is -2.11. The Bertz CT molecular complexity index is 911. The van der Waals surface area contributed by atoms with Crippen molar-refractivity contribution in [2.45, 2.75) is 11.8 Å². The van der Waals surface area contributed by atoms with Gasteiger partial charge in [-0.25, -0.2) is 22.7 Å². The molecule has 25 heavy (non-hydrogen) atoms. The van der Waals surface area contributed by atoms with E-state index in [0.717, 1.165) is 5.56 Å². The molecule has 0 unspecified atom stereocenters. The number of benzene rings is 2. The number of nitrogens with one attached hydrogen (secondary N) is 2. The molecule has 0 heterocycles. The highest BCUT2D eigenvalue weighted by atomic mass is 35.5. The highest BCUT2D eigenvalue weighted by molar-refractivity contribution is 7.90. The second kappa shape index (κ2) is 7.54. The molecule has 0 fully saturated rings. The quantitative estimate of drug-likeness (QED) is 0.791. The van der Waals surface area contributed by atoms with Gasteiger partial charge in [-0.15, -0.1) is 0 Å². The van der Waals surface area contributed by atoms with E-state index in [-0.39, 0.29) is 21.2 Å².